The second-order valence-corrected chi connectivity index (χ2v) is 8.72. The summed E-state index contributed by atoms with van der Waals surface area (Å²) >= 11 is 0. The van der Waals surface area contributed by atoms with E-state index in [1.165, 1.54) is 5.56 Å². The van der Waals surface area contributed by atoms with E-state index in [1.807, 2.05) is 59.1 Å². The first kappa shape index (κ1) is 21.2. The monoisotopic (exact) mass is 439 g/mol. The third-order valence-electron chi connectivity index (χ3n) is 6.29. The first-order valence-electron chi connectivity index (χ1n) is 11.4. The van der Waals surface area contributed by atoms with E-state index >= 15 is 0 Å². The molecule has 1 amide bonds. The Balaban J connectivity index is 1.39. The van der Waals surface area contributed by atoms with Gasteiger partial charge in [-0.05, 0) is 48.4 Å². The number of piperazine rings is 1. The summed E-state index contributed by atoms with van der Waals surface area (Å²) in [6.45, 7) is 6.13. The van der Waals surface area contributed by atoms with Crippen LogP contribution in [-0.2, 0) is 13.6 Å². The quantitative estimate of drug-likeness (QED) is 0.469. The lowest BCUT2D eigenvalue weighted by molar-refractivity contribution is 0.0619. The van der Waals surface area contributed by atoms with Gasteiger partial charge < -0.3 is 9.47 Å². The summed E-state index contributed by atoms with van der Waals surface area (Å²) in [6, 6.07) is 24.6. The van der Waals surface area contributed by atoms with Crippen molar-refractivity contribution in [2.24, 2.45) is 7.05 Å². The molecule has 0 bridgehead atoms. The summed E-state index contributed by atoms with van der Waals surface area (Å²) in [5.41, 5.74) is 5.74. The lowest BCUT2D eigenvalue weighted by Gasteiger charge is -2.34. The molecule has 0 unspecified atom stereocenters. The highest BCUT2D eigenvalue weighted by molar-refractivity contribution is 5.94. The average Bonchev–Trinajstić information content (AvgIpc) is 3.46. The number of aromatic nitrogens is 3. The van der Waals surface area contributed by atoms with Crippen molar-refractivity contribution >= 4 is 5.91 Å². The molecule has 6 nitrogen and oxygen atoms in total. The predicted octanol–water partition coefficient (Wildman–Crippen LogP) is 4.14. The van der Waals surface area contributed by atoms with Crippen molar-refractivity contribution < 1.29 is 4.79 Å². The van der Waals surface area contributed by atoms with Gasteiger partial charge in [-0.25, -0.2) is 4.68 Å². The van der Waals surface area contributed by atoms with Crippen LogP contribution in [0.25, 0.3) is 17.1 Å². The maximum absolute atomic E-state index is 13.7. The SMILES string of the molecule is Cc1cccc(-n2nc(-c3cccn3C)cc2C(=O)N2CCN(Cc3ccccc3)CC2)c1. The van der Waals surface area contributed by atoms with Gasteiger partial charge in [-0.3, -0.25) is 9.69 Å². The predicted molar refractivity (Wildman–Crippen MR) is 130 cm³/mol. The van der Waals surface area contributed by atoms with Gasteiger partial charge in [-0.2, -0.15) is 5.10 Å². The Morgan fingerprint density at radius 1 is 0.909 bits per heavy atom. The zero-order valence-corrected chi connectivity index (χ0v) is 19.2. The van der Waals surface area contributed by atoms with E-state index in [0.717, 1.165) is 42.3 Å². The third kappa shape index (κ3) is 4.47. The van der Waals surface area contributed by atoms with E-state index in [9.17, 15) is 4.79 Å². The number of carbonyl (C=O) groups excluding carboxylic acids is 1. The molecular formula is C27H29N5O. The van der Waals surface area contributed by atoms with Crippen molar-refractivity contribution in [1.82, 2.24) is 24.1 Å². The Hall–Kier alpha value is -3.64. The van der Waals surface area contributed by atoms with Gasteiger partial charge in [0.25, 0.3) is 5.91 Å². The molecule has 0 N–H and O–H groups in total. The molecule has 1 aliphatic rings. The summed E-state index contributed by atoms with van der Waals surface area (Å²) in [5, 5.41) is 4.85. The largest absolute Gasteiger partial charge is 0.349 e. The summed E-state index contributed by atoms with van der Waals surface area (Å²) in [6.07, 6.45) is 1.99. The highest BCUT2D eigenvalue weighted by Gasteiger charge is 2.26. The molecule has 0 saturated carbocycles. The van der Waals surface area contributed by atoms with Crippen LogP contribution in [0.4, 0.5) is 0 Å². The van der Waals surface area contributed by atoms with Crippen LogP contribution in [0, 0.1) is 6.92 Å². The third-order valence-corrected chi connectivity index (χ3v) is 6.29. The van der Waals surface area contributed by atoms with Crippen LogP contribution >= 0.6 is 0 Å². The van der Waals surface area contributed by atoms with E-state index in [4.69, 9.17) is 5.10 Å². The normalized spacial score (nSPS) is 14.5. The van der Waals surface area contributed by atoms with Gasteiger partial charge in [0.15, 0.2) is 0 Å². The van der Waals surface area contributed by atoms with Crippen molar-refractivity contribution in [3.05, 3.63) is 95.8 Å². The van der Waals surface area contributed by atoms with Crippen molar-refractivity contribution in [2.75, 3.05) is 26.2 Å². The molecule has 2 aromatic carbocycles. The molecule has 4 aromatic rings. The first-order chi connectivity index (χ1) is 16.1. The van der Waals surface area contributed by atoms with E-state index in [2.05, 4.69) is 48.2 Å². The van der Waals surface area contributed by atoms with Gasteiger partial charge in [-0.1, -0.05) is 42.5 Å². The number of benzene rings is 2. The number of nitrogens with zero attached hydrogens (tertiary/aromatic N) is 5. The molecule has 0 atom stereocenters. The highest BCUT2D eigenvalue weighted by Crippen LogP contribution is 2.24. The molecule has 33 heavy (non-hydrogen) atoms. The number of aryl methyl sites for hydroxylation is 2. The van der Waals surface area contributed by atoms with Crippen LogP contribution < -0.4 is 0 Å². The number of amides is 1. The Bertz CT molecular complexity index is 1250. The Morgan fingerprint density at radius 3 is 2.39 bits per heavy atom. The lowest BCUT2D eigenvalue weighted by Crippen LogP contribution is -2.48. The molecule has 3 heterocycles. The van der Waals surface area contributed by atoms with Crippen LogP contribution in [-0.4, -0.2) is 56.2 Å². The zero-order valence-electron chi connectivity index (χ0n) is 19.2. The summed E-state index contributed by atoms with van der Waals surface area (Å²) in [5.74, 6) is 0.0313. The van der Waals surface area contributed by atoms with E-state index in [-0.39, 0.29) is 5.91 Å². The van der Waals surface area contributed by atoms with Gasteiger partial charge in [0.1, 0.15) is 11.4 Å². The van der Waals surface area contributed by atoms with Crippen molar-refractivity contribution in [1.29, 1.82) is 0 Å². The van der Waals surface area contributed by atoms with E-state index < -0.39 is 0 Å². The number of hydrogen-bond donors (Lipinski definition) is 0. The first-order valence-corrected chi connectivity index (χ1v) is 11.4. The second kappa shape index (κ2) is 9.08. The van der Waals surface area contributed by atoms with Gasteiger partial charge in [0.05, 0.1) is 11.4 Å². The summed E-state index contributed by atoms with van der Waals surface area (Å²) in [4.78, 5) is 18.0. The Kier molecular flexibility index (Phi) is 5.84. The molecule has 5 rings (SSSR count). The number of rotatable bonds is 5. The van der Waals surface area contributed by atoms with Crippen LogP contribution in [0.1, 0.15) is 21.6 Å². The summed E-state index contributed by atoms with van der Waals surface area (Å²) in [7, 11) is 1.99. The van der Waals surface area contributed by atoms with Gasteiger partial charge in [0, 0.05) is 46.0 Å². The Morgan fingerprint density at radius 2 is 1.70 bits per heavy atom. The summed E-state index contributed by atoms with van der Waals surface area (Å²) < 4.78 is 3.83. The number of hydrogen-bond acceptors (Lipinski definition) is 3. The topological polar surface area (TPSA) is 46.3 Å². The van der Waals surface area contributed by atoms with Crippen molar-refractivity contribution in [2.45, 2.75) is 13.5 Å². The van der Waals surface area contributed by atoms with Gasteiger partial charge in [0.2, 0.25) is 0 Å². The van der Waals surface area contributed by atoms with Crippen LogP contribution in [0.5, 0.6) is 0 Å². The zero-order chi connectivity index (χ0) is 22.8. The maximum Gasteiger partial charge on any atom is 0.272 e. The fourth-order valence-corrected chi connectivity index (χ4v) is 4.46. The van der Waals surface area contributed by atoms with Crippen LogP contribution in [0.3, 0.4) is 0 Å². The minimum Gasteiger partial charge on any atom is -0.349 e. The standard InChI is InChI=1S/C27H29N5O/c1-21-8-6-11-23(18-21)32-26(19-24(28-32)25-12-7-13-29(25)2)27(33)31-16-14-30(15-17-31)20-22-9-4-3-5-10-22/h3-13,18-19H,14-17,20H2,1-2H3. The molecule has 6 heteroatoms. The highest BCUT2D eigenvalue weighted by atomic mass is 16.2. The molecule has 2 aromatic heterocycles. The molecule has 1 saturated heterocycles. The molecule has 1 aliphatic heterocycles. The molecule has 168 valence electrons. The van der Waals surface area contributed by atoms with Crippen molar-refractivity contribution in [3.63, 3.8) is 0 Å². The van der Waals surface area contributed by atoms with Crippen molar-refractivity contribution in [3.8, 4) is 17.1 Å². The smallest absolute Gasteiger partial charge is 0.272 e. The van der Waals surface area contributed by atoms with E-state index in [0.29, 0.717) is 18.8 Å². The molecule has 0 aliphatic carbocycles. The van der Waals surface area contributed by atoms with Crippen LogP contribution in [0.2, 0.25) is 0 Å². The molecular weight excluding hydrogens is 410 g/mol. The average molecular weight is 440 g/mol. The van der Waals surface area contributed by atoms with Crippen LogP contribution in [0.15, 0.2) is 79.0 Å². The molecule has 1 fully saturated rings. The van der Waals surface area contributed by atoms with E-state index in [1.54, 1.807) is 4.68 Å². The fourth-order valence-electron chi connectivity index (χ4n) is 4.46. The maximum atomic E-state index is 13.7. The minimum absolute atomic E-state index is 0.0313. The molecule has 0 spiro atoms. The fraction of sp³-hybridized carbons (Fsp3) is 0.259. The number of carbonyl (C=O) groups is 1. The Labute approximate surface area is 194 Å². The lowest BCUT2D eigenvalue weighted by atomic mass is 10.2. The molecule has 0 radical (unpaired) electrons. The second-order valence-electron chi connectivity index (χ2n) is 8.72. The van der Waals surface area contributed by atoms with Gasteiger partial charge >= 0.3 is 0 Å². The van der Waals surface area contributed by atoms with Gasteiger partial charge in [-0.15, -0.1) is 0 Å². The minimum atomic E-state index is 0.0313.